The lowest BCUT2D eigenvalue weighted by molar-refractivity contribution is -0.125. The summed E-state index contributed by atoms with van der Waals surface area (Å²) in [5.41, 5.74) is 6.15. The topological polar surface area (TPSA) is 93.5 Å². The highest BCUT2D eigenvalue weighted by Crippen LogP contribution is 2.31. The second kappa shape index (κ2) is 7.15. The Balaban J connectivity index is 2.12. The number of urea groups is 1. The van der Waals surface area contributed by atoms with Gasteiger partial charge < -0.3 is 21.1 Å². The van der Waals surface area contributed by atoms with Crippen LogP contribution in [0.15, 0.2) is 24.3 Å². The summed E-state index contributed by atoms with van der Waals surface area (Å²) in [5.74, 6) is 0.583. The summed E-state index contributed by atoms with van der Waals surface area (Å²) in [6, 6.07) is 6.23. The van der Waals surface area contributed by atoms with Crippen molar-refractivity contribution >= 4 is 11.9 Å². The number of nitrogens with one attached hydrogen (secondary N) is 2. The van der Waals surface area contributed by atoms with E-state index in [1.165, 1.54) is 0 Å². The fourth-order valence-corrected chi connectivity index (χ4v) is 2.61. The zero-order valence-electron chi connectivity index (χ0n) is 13.0. The first kappa shape index (κ1) is 16.1. The zero-order valence-corrected chi connectivity index (χ0v) is 13.0. The van der Waals surface area contributed by atoms with Crippen LogP contribution in [0.3, 0.4) is 0 Å². The predicted molar refractivity (Wildman–Crippen MR) is 83.4 cm³/mol. The molecule has 1 aliphatic heterocycles. The van der Waals surface area contributed by atoms with Gasteiger partial charge in [0.25, 0.3) is 0 Å². The summed E-state index contributed by atoms with van der Waals surface area (Å²) in [6.07, 6.45) is 1.47. The van der Waals surface area contributed by atoms with Crippen molar-refractivity contribution in [3.8, 4) is 5.75 Å². The predicted octanol–water partition coefficient (Wildman–Crippen LogP) is 1.71. The maximum atomic E-state index is 12.5. The molecule has 0 fully saturated rings. The van der Waals surface area contributed by atoms with Gasteiger partial charge in [0.2, 0.25) is 5.91 Å². The number of primary amides is 1. The van der Waals surface area contributed by atoms with E-state index in [0.717, 1.165) is 17.7 Å². The average molecular weight is 305 g/mol. The molecule has 0 radical (unpaired) electrons. The van der Waals surface area contributed by atoms with Gasteiger partial charge in [0, 0.05) is 12.0 Å². The van der Waals surface area contributed by atoms with Crippen LogP contribution in [0.4, 0.5) is 4.79 Å². The Bertz CT molecular complexity index is 547. The van der Waals surface area contributed by atoms with Crippen molar-refractivity contribution in [1.82, 2.24) is 10.6 Å². The molecule has 0 unspecified atom stereocenters. The van der Waals surface area contributed by atoms with Crippen molar-refractivity contribution < 1.29 is 14.3 Å². The van der Waals surface area contributed by atoms with Gasteiger partial charge in [-0.3, -0.25) is 4.79 Å². The quantitative estimate of drug-likeness (QED) is 0.773. The van der Waals surface area contributed by atoms with Crippen molar-refractivity contribution in [2.45, 2.75) is 38.8 Å². The third-order valence-electron chi connectivity index (χ3n) is 4.07. The molecule has 0 aliphatic carbocycles. The Morgan fingerprint density at radius 2 is 2.14 bits per heavy atom. The van der Waals surface area contributed by atoms with E-state index < -0.39 is 12.1 Å². The highest BCUT2D eigenvalue weighted by Gasteiger charge is 2.29. The van der Waals surface area contributed by atoms with E-state index in [2.05, 4.69) is 10.6 Å². The number of nitrogens with two attached hydrogens (primary N) is 1. The largest absolute Gasteiger partial charge is 0.493 e. The number of carbonyl (C=O) groups excluding carboxylic acids is 2. The highest BCUT2D eigenvalue weighted by molar-refractivity contribution is 5.87. The molecule has 0 bridgehead atoms. The summed E-state index contributed by atoms with van der Waals surface area (Å²) in [7, 11) is 0. The van der Waals surface area contributed by atoms with Gasteiger partial charge in [-0.1, -0.05) is 38.5 Å². The molecule has 2 rings (SSSR count). The fourth-order valence-electron chi connectivity index (χ4n) is 2.61. The number of benzene rings is 1. The fraction of sp³-hybridized carbons (Fsp3) is 0.500. The average Bonchev–Trinajstić information content (AvgIpc) is 2.52. The van der Waals surface area contributed by atoms with Gasteiger partial charge in [-0.05, 0) is 12.0 Å². The summed E-state index contributed by atoms with van der Waals surface area (Å²) in [5, 5.41) is 5.55. The first-order valence-corrected chi connectivity index (χ1v) is 7.61. The number of fused-ring (bicyclic) bond motifs is 1. The number of amides is 3. The molecule has 6 heteroatoms. The molecule has 22 heavy (non-hydrogen) atoms. The van der Waals surface area contributed by atoms with E-state index in [4.69, 9.17) is 10.5 Å². The van der Waals surface area contributed by atoms with E-state index in [1.807, 2.05) is 38.1 Å². The zero-order chi connectivity index (χ0) is 16.1. The van der Waals surface area contributed by atoms with Crippen molar-refractivity contribution in [3.05, 3.63) is 29.8 Å². The second-order valence-corrected chi connectivity index (χ2v) is 5.61. The summed E-state index contributed by atoms with van der Waals surface area (Å²) in [6.45, 7) is 4.44. The Morgan fingerprint density at radius 3 is 2.82 bits per heavy atom. The van der Waals surface area contributed by atoms with Crippen LogP contribution in [0.1, 0.15) is 38.3 Å². The van der Waals surface area contributed by atoms with Crippen LogP contribution in [0, 0.1) is 5.92 Å². The van der Waals surface area contributed by atoms with Crippen molar-refractivity contribution in [2.75, 3.05) is 6.61 Å². The lowest BCUT2D eigenvalue weighted by Crippen LogP contribution is -2.52. The molecule has 4 N–H and O–H groups in total. The number of hydrogen-bond donors (Lipinski definition) is 3. The van der Waals surface area contributed by atoms with Gasteiger partial charge in [0.15, 0.2) is 0 Å². The van der Waals surface area contributed by atoms with E-state index in [1.54, 1.807) is 0 Å². The monoisotopic (exact) mass is 305 g/mol. The summed E-state index contributed by atoms with van der Waals surface area (Å²) >= 11 is 0. The van der Waals surface area contributed by atoms with Crippen LogP contribution in [0.25, 0.3) is 0 Å². The number of ether oxygens (including phenoxy) is 1. The molecule has 6 nitrogen and oxygen atoms in total. The van der Waals surface area contributed by atoms with Gasteiger partial charge in [-0.2, -0.15) is 0 Å². The molecule has 1 heterocycles. The Labute approximate surface area is 130 Å². The first-order valence-electron chi connectivity index (χ1n) is 7.61. The van der Waals surface area contributed by atoms with Gasteiger partial charge in [-0.25, -0.2) is 4.79 Å². The molecule has 1 aromatic rings. The summed E-state index contributed by atoms with van der Waals surface area (Å²) < 4.78 is 5.59. The SMILES string of the molecule is CC[C@H](C)[C@H](NC(N)=O)C(=O)N[C@@H]1CCOc2ccccc21. The smallest absolute Gasteiger partial charge is 0.312 e. The van der Waals surface area contributed by atoms with Crippen molar-refractivity contribution in [2.24, 2.45) is 11.7 Å². The Morgan fingerprint density at radius 1 is 1.41 bits per heavy atom. The standard InChI is InChI=1S/C16H23N3O3/c1-3-10(2)14(19-16(17)21)15(20)18-12-8-9-22-13-7-5-4-6-11(12)13/h4-7,10,12,14H,3,8-9H2,1-2H3,(H,18,20)(H3,17,19,21)/t10-,12+,14-/m0/s1. The van der Waals surface area contributed by atoms with Gasteiger partial charge in [0.05, 0.1) is 12.6 Å². The van der Waals surface area contributed by atoms with E-state index in [9.17, 15) is 9.59 Å². The molecule has 0 saturated heterocycles. The van der Waals surface area contributed by atoms with E-state index in [-0.39, 0.29) is 17.9 Å². The minimum Gasteiger partial charge on any atom is -0.493 e. The van der Waals surface area contributed by atoms with Crippen LogP contribution in [0.5, 0.6) is 5.75 Å². The minimum atomic E-state index is -0.687. The minimum absolute atomic E-state index is 0.00239. The maximum Gasteiger partial charge on any atom is 0.312 e. The number of rotatable bonds is 5. The van der Waals surface area contributed by atoms with Gasteiger partial charge >= 0.3 is 6.03 Å². The first-order chi connectivity index (χ1) is 10.5. The summed E-state index contributed by atoms with van der Waals surface area (Å²) in [4.78, 5) is 23.7. The second-order valence-electron chi connectivity index (χ2n) is 5.61. The van der Waals surface area contributed by atoms with Gasteiger partial charge in [-0.15, -0.1) is 0 Å². The Kier molecular flexibility index (Phi) is 5.25. The molecule has 0 aromatic heterocycles. The normalized spacial score (nSPS) is 19.3. The lowest BCUT2D eigenvalue weighted by Gasteiger charge is -2.29. The molecule has 120 valence electrons. The van der Waals surface area contributed by atoms with Crippen LogP contribution >= 0.6 is 0 Å². The number of hydrogen-bond acceptors (Lipinski definition) is 3. The van der Waals surface area contributed by atoms with E-state index >= 15 is 0 Å². The highest BCUT2D eigenvalue weighted by atomic mass is 16.5. The van der Waals surface area contributed by atoms with E-state index in [0.29, 0.717) is 13.0 Å². The molecule has 1 aromatic carbocycles. The molecule has 3 amide bonds. The van der Waals surface area contributed by atoms with Crippen LogP contribution < -0.4 is 21.1 Å². The van der Waals surface area contributed by atoms with Crippen molar-refractivity contribution in [1.29, 1.82) is 0 Å². The third kappa shape index (κ3) is 3.69. The maximum absolute atomic E-state index is 12.5. The molecule has 0 saturated carbocycles. The third-order valence-corrected chi connectivity index (χ3v) is 4.07. The molecular formula is C16H23N3O3. The lowest BCUT2D eigenvalue weighted by atomic mass is 9.96. The van der Waals surface area contributed by atoms with Crippen LogP contribution in [-0.2, 0) is 4.79 Å². The van der Waals surface area contributed by atoms with Gasteiger partial charge in [0.1, 0.15) is 11.8 Å². The molecule has 0 spiro atoms. The van der Waals surface area contributed by atoms with Crippen LogP contribution in [-0.4, -0.2) is 24.6 Å². The molecular weight excluding hydrogens is 282 g/mol. The van der Waals surface area contributed by atoms with Crippen molar-refractivity contribution in [3.63, 3.8) is 0 Å². The van der Waals surface area contributed by atoms with Crippen LogP contribution in [0.2, 0.25) is 0 Å². The number of para-hydroxylation sites is 1. The Hall–Kier alpha value is -2.24. The molecule has 1 aliphatic rings. The number of carbonyl (C=O) groups is 2. The molecule has 3 atom stereocenters.